The molecule has 0 bridgehead atoms. The molecule has 0 fully saturated rings. The number of hydrazone groups is 1. The van der Waals surface area contributed by atoms with Gasteiger partial charge in [-0.15, -0.1) is 0 Å². The van der Waals surface area contributed by atoms with Crippen molar-refractivity contribution in [3.05, 3.63) is 102 Å². The normalized spacial score (nSPS) is 11.4. The highest BCUT2D eigenvalue weighted by molar-refractivity contribution is 7.98. The Morgan fingerprint density at radius 3 is 2.37 bits per heavy atom. The van der Waals surface area contributed by atoms with E-state index in [4.69, 9.17) is 0 Å². The van der Waals surface area contributed by atoms with Gasteiger partial charge in [0.25, 0.3) is 5.91 Å². The summed E-state index contributed by atoms with van der Waals surface area (Å²) in [5, 5.41) is 7.33. The summed E-state index contributed by atoms with van der Waals surface area (Å²) in [7, 11) is 0. The molecule has 0 spiro atoms. The fraction of sp³-hybridized carbons (Fsp3) is 0.0833. The van der Waals surface area contributed by atoms with Crippen molar-refractivity contribution in [1.29, 1.82) is 0 Å². The molecule has 0 aliphatic heterocycles. The third kappa shape index (κ3) is 4.90. The highest BCUT2D eigenvalue weighted by Gasteiger charge is 2.06. The monoisotopic (exact) mass is 412 g/mol. The Balaban J connectivity index is 1.37. The average Bonchev–Trinajstić information content (AvgIpc) is 2.81. The number of aromatic nitrogens is 2. The molecule has 148 valence electrons. The molecular weight excluding hydrogens is 392 g/mol. The fourth-order valence-corrected chi connectivity index (χ4v) is 3.70. The van der Waals surface area contributed by atoms with Crippen LogP contribution < -0.4 is 5.43 Å². The molecule has 1 N–H and O–H groups in total. The van der Waals surface area contributed by atoms with E-state index in [1.165, 1.54) is 5.39 Å². The molecule has 0 saturated carbocycles. The fourth-order valence-electron chi connectivity index (χ4n) is 2.94. The average molecular weight is 413 g/mol. The van der Waals surface area contributed by atoms with E-state index < -0.39 is 0 Å². The smallest absolute Gasteiger partial charge is 0.267 e. The number of carbonyl (C=O) groups is 1. The van der Waals surface area contributed by atoms with E-state index in [1.807, 2.05) is 37.3 Å². The Hall–Kier alpha value is -3.51. The van der Waals surface area contributed by atoms with Gasteiger partial charge in [0.1, 0.15) is 0 Å². The largest absolute Gasteiger partial charge is 0.271 e. The van der Waals surface area contributed by atoms with Gasteiger partial charge in [0.15, 0.2) is 5.16 Å². The molecule has 0 unspecified atom stereocenters. The van der Waals surface area contributed by atoms with E-state index in [0.717, 1.165) is 33.1 Å². The van der Waals surface area contributed by atoms with Gasteiger partial charge in [-0.1, -0.05) is 60.3 Å². The number of fused-ring (bicyclic) bond motifs is 1. The summed E-state index contributed by atoms with van der Waals surface area (Å²) in [6.45, 7) is 1.89. The van der Waals surface area contributed by atoms with Crippen LogP contribution in [0.15, 0.2) is 95.4 Å². The standard InChI is InChI=1S/C24H20N4OS/c1-17(21-12-11-19-5-2-3-6-22(19)15-21)27-28-23(29)20-9-7-18(8-10-20)16-30-24-25-13-4-14-26-24/h2-15H,16H2,1H3,(H,28,29)/b27-17+. The SMILES string of the molecule is C/C(=N\NC(=O)c1ccc(CSc2ncccn2)cc1)c1ccc2ccccc2c1. The van der Waals surface area contributed by atoms with Crippen molar-refractivity contribution in [1.82, 2.24) is 15.4 Å². The highest BCUT2D eigenvalue weighted by Crippen LogP contribution is 2.19. The Bertz CT molecular complexity index is 1190. The van der Waals surface area contributed by atoms with E-state index in [-0.39, 0.29) is 5.91 Å². The number of nitrogens with zero attached hydrogens (tertiary/aromatic N) is 3. The minimum absolute atomic E-state index is 0.235. The van der Waals surface area contributed by atoms with Crippen LogP contribution in [0.25, 0.3) is 10.8 Å². The summed E-state index contributed by atoms with van der Waals surface area (Å²) >= 11 is 1.56. The number of hydrogen-bond donors (Lipinski definition) is 1. The van der Waals surface area contributed by atoms with Gasteiger partial charge in [-0.2, -0.15) is 5.10 Å². The molecule has 1 amide bonds. The van der Waals surface area contributed by atoms with Crippen molar-refractivity contribution in [3.63, 3.8) is 0 Å². The van der Waals surface area contributed by atoms with Crippen molar-refractivity contribution < 1.29 is 4.79 Å². The lowest BCUT2D eigenvalue weighted by molar-refractivity contribution is 0.0955. The second-order valence-electron chi connectivity index (χ2n) is 6.72. The Kier molecular flexibility index (Phi) is 6.15. The van der Waals surface area contributed by atoms with Crippen molar-refractivity contribution >= 4 is 34.2 Å². The zero-order valence-electron chi connectivity index (χ0n) is 16.4. The molecule has 4 rings (SSSR count). The van der Waals surface area contributed by atoms with E-state index in [9.17, 15) is 4.79 Å². The predicted molar refractivity (Wildman–Crippen MR) is 122 cm³/mol. The molecule has 6 heteroatoms. The van der Waals surface area contributed by atoms with Crippen LogP contribution in [0.1, 0.15) is 28.4 Å². The minimum atomic E-state index is -0.235. The molecule has 5 nitrogen and oxygen atoms in total. The van der Waals surface area contributed by atoms with Crippen LogP contribution in [-0.4, -0.2) is 21.6 Å². The Labute approximate surface area is 179 Å². The first-order chi connectivity index (χ1) is 14.7. The number of nitrogens with one attached hydrogen (secondary N) is 1. The maximum atomic E-state index is 12.4. The van der Waals surface area contributed by atoms with E-state index in [2.05, 4.69) is 44.8 Å². The van der Waals surface area contributed by atoms with Crippen LogP contribution in [0.5, 0.6) is 0 Å². The van der Waals surface area contributed by atoms with Gasteiger partial charge in [0, 0.05) is 23.7 Å². The minimum Gasteiger partial charge on any atom is -0.267 e. The number of thioether (sulfide) groups is 1. The molecule has 1 aromatic heterocycles. The van der Waals surface area contributed by atoms with Crippen LogP contribution in [0.2, 0.25) is 0 Å². The first kappa shape index (κ1) is 19.8. The molecule has 0 aliphatic carbocycles. The van der Waals surface area contributed by atoms with Crippen molar-refractivity contribution in [2.45, 2.75) is 17.8 Å². The summed E-state index contributed by atoms with van der Waals surface area (Å²) in [4.78, 5) is 20.8. The summed E-state index contributed by atoms with van der Waals surface area (Å²) in [5.74, 6) is 0.506. The van der Waals surface area contributed by atoms with Gasteiger partial charge in [0.2, 0.25) is 0 Å². The van der Waals surface area contributed by atoms with Crippen LogP contribution in [0.4, 0.5) is 0 Å². The van der Waals surface area contributed by atoms with Gasteiger partial charge in [-0.3, -0.25) is 4.79 Å². The third-order valence-corrected chi connectivity index (χ3v) is 5.57. The van der Waals surface area contributed by atoms with Gasteiger partial charge in [-0.25, -0.2) is 15.4 Å². The van der Waals surface area contributed by atoms with Crippen LogP contribution >= 0.6 is 11.8 Å². The summed E-state index contributed by atoms with van der Waals surface area (Å²) in [5.41, 5.74) is 6.04. The second kappa shape index (κ2) is 9.33. The zero-order valence-corrected chi connectivity index (χ0v) is 17.3. The summed E-state index contributed by atoms with van der Waals surface area (Å²) in [6.07, 6.45) is 3.45. The molecule has 1 heterocycles. The maximum Gasteiger partial charge on any atom is 0.271 e. The first-order valence-corrected chi connectivity index (χ1v) is 10.5. The van der Waals surface area contributed by atoms with Gasteiger partial charge in [0.05, 0.1) is 5.71 Å². The lowest BCUT2D eigenvalue weighted by Crippen LogP contribution is -2.19. The predicted octanol–water partition coefficient (Wildman–Crippen LogP) is 5.08. The van der Waals surface area contributed by atoms with Crippen molar-refractivity contribution in [3.8, 4) is 0 Å². The van der Waals surface area contributed by atoms with Crippen molar-refractivity contribution in [2.75, 3.05) is 0 Å². The van der Waals surface area contributed by atoms with Crippen LogP contribution in [0.3, 0.4) is 0 Å². The third-order valence-electron chi connectivity index (χ3n) is 4.62. The lowest BCUT2D eigenvalue weighted by Gasteiger charge is -2.06. The molecular formula is C24H20N4OS. The zero-order chi connectivity index (χ0) is 20.8. The van der Waals surface area contributed by atoms with Gasteiger partial charge >= 0.3 is 0 Å². The van der Waals surface area contributed by atoms with E-state index in [1.54, 1.807) is 42.4 Å². The molecule has 0 aliphatic rings. The van der Waals surface area contributed by atoms with Crippen LogP contribution in [-0.2, 0) is 5.75 Å². The number of carbonyl (C=O) groups excluding carboxylic acids is 1. The first-order valence-electron chi connectivity index (χ1n) is 9.51. The maximum absolute atomic E-state index is 12.4. The van der Waals surface area contributed by atoms with Gasteiger partial charge in [-0.05, 0) is 53.1 Å². The van der Waals surface area contributed by atoms with Crippen molar-refractivity contribution in [2.24, 2.45) is 5.10 Å². The van der Waals surface area contributed by atoms with E-state index >= 15 is 0 Å². The topological polar surface area (TPSA) is 67.2 Å². The molecule has 0 saturated heterocycles. The highest BCUT2D eigenvalue weighted by atomic mass is 32.2. The number of amides is 1. The van der Waals surface area contributed by atoms with Crippen LogP contribution in [0, 0.1) is 0 Å². The number of hydrogen-bond acceptors (Lipinski definition) is 5. The molecule has 0 radical (unpaired) electrons. The summed E-state index contributed by atoms with van der Waals surface area (Å²) in [6, 6.07) is 23.6. The summed E-state index contributed by atoms with van der Waals surface area (Å²) < 4.78 is 0. The molecule has 3 aromatic carbocycles. The second-order valence-corrected chi connectivity index (χ2v) is 7.66. The van der Waals surface area contributed by atoms with Gasteiger partial charge < -0.3 is 0 Å². The Morgan fingerprint density at radius 2 is 1.60 bits per heavy atom. The lowest BCUT2D eigenvalue weighted by atomic mass is 10.0. The van der Waals surface area contributed by atoms with E-state index in [0.29, 0.717) is 5.56 Å². The molecule has 30 heavy (non-hydrogen) atoms. The quantitative estimate of drug-likeness (QED) is 0.208. The molecule has 4 aromatic rings. The molecule has 0 atom stereocenters. The number of benzene rings is 3. The Morgan fingerprint density at radius 1 is 0.900 bits per heavy atom. The number of rotatable bonds is 6.